The smallest absolute Gasteiger partial charge is 0.105 e. The monoisotopic (exact) mass is 192 g/mol. The van der Waals surface area contributed by atoms with E-state index in [9.17, 15) is 4.39 Å². The highest BCUT2D eigenvalue weighted by Gasteiger charge is 2.07. The Kier molecular flexibility index (Phi) is 2.50. The number of halogens is 1. The first-order chi connectivity index (χ1) is 6.81. The molecule has 0 radical (unpaired) electrons. The molecule has 3 heteroatoms. The molecule has 1 aromatic carbocycles. The Labute approximate surface area is 81.9 Å². The van der Waals surface area contributed by atoms with Gasteiger partial charge in [-0.2, -0.15) is 0 Å². The third kappa shape index (κ3) is 1.63. The summed E-state index contributed by atoms with van der Waals surface area (Å²) in [5.41, 5.74) is 7.73. The fourth-order valence-corrected chi connectivity index (χ4v) is 1.64. The van der Waals surface area contributed by atoms with Gasteiger partial charge < -0.3 is 10.7 Å². The maximum atomic E-state index is 12.2. The van der Waals surface area contributed by atoms with Crippen LogP contribution in [0.25, 0.3) is 10.9 Å². The SMILES string of the molecule is NC(CF)Cc1c[nH]c2ccccc12. The van der Waals surface area contributed by atoms with Crippen LogP contribution in [-0.4, -0.2) is 17.7 Å². The lowest BCUT2D eigenvalue weighted by molar-refractivity contribution is 0.427. The second-order valence-electron chi connectivity index (χ2n) is 3.48. The maximum absolute atomic E-state index is 12.2. The molecule has 0 aliphatic rings. The number of alkyl halides is 1. The van der Waals surface area contributed by atoms with Gasteiger partial charge in [-0.1, -0.05) is 18.2 Å². The van der Waals surface area contributed by atoms with Gasteiger partial charge >= 0.3 is 0 Å². The van der Waals surface area contributed by atoms with Crippen LogP contribution in [0.15, 0.2) is 30.5 Å². The summed E-state index contributed by atoms with van der Waals surface area (Å²) >= 11 is 0. The first kappa shape index (κ1) is 9.21. The number of para-hydroxylation sites is 1. The molecule has 3 N–H and O–H groups in total. The predicted octanol–water partition coefficient (Wildman–Crippen LogP) is 2.01. The second kappa shape index (κ2) is 3.80. The van der Waals surface area contributed by atoms with E-state index in [1.54, 1.807) is 0 Å². The Morgan fingerprint density at radius 2 is 2.14 bits per heavy atom. The molecular formula is C11H13FN2. The van der Waals surface area contributed by atoms with Crippen molar-refractivity contribution in [2.24, 2.45) is 5.73 Å². The highest BCUT2D eigenvalue weighted by Crippen LogP contribution is 2.18. The van der Waals surface area contributed by atoms with Crippen LogP contribution in [0.5, 0.6) is 0 Å². The first-order valence-corrected chi connectivity index (χ1v) is 4.68. The molecule has 0 aliphatic heterocycles. The van der Waals surface area contributed by atoms with Crippen molar-refractivity contribution in [3.8, 4) is 0 Å². The van der Waals surface area contributed by atoms with E-state index in [-0.39, 0.29) is 0 Å². The van der Waals surface area contributed by atoms with E-state index in [0.29, 0.717) is 6.42 Å². The average molecular weight is 192 g/mol. The summed E-state index contributed by atoms with van der Waals surface area (Å²) in [4.78, 5) is 3.14. The second-order valence-corrected chi connectivity index (χ2v) is 3.48. The van der Waals surface area contributed by atoms with Gasteiger partial charge in [0.15, 0.2) is 0 Å². The van der Waals surface area contributed by atoms with Gasteiger partial charge in [0.1, 0.15) is 6.67 Å². The molecule has 2 nitrogen and oxygen atoms in total. The van der Waals surface area contributed by atoms with Crippen molar-refractivity contribution in [1.29, 1.82) is 0 Å². The number of H-pyrrole nitrogens is 1. The quantitative estimate of drug-likeness (QED) is 0.767. The summed E-state index contributed by atoms with van der Waals surface area (Å²) in [6.45, 7) is -0.473. The molecule has 0 fully saturated rings. The van der Waals surface area contributed by atoms with Gasteiger partial charge in [-0.15, -0.1) is 0 Å². The van der Waals surface area contributed by atoms with Crippen molar-refractivity contribution in [2.45, 2.75) is 12.5 Å². The van der Waals surface area contributed by atoms with Crippen LogP contribution in [0.2, 0.25) is 0 Å². The first-order valence-electron chi connectivity index (χ1n) is 4.68. The zero-order valence-electron chi connectivity index (χ0n) is 7.83. The van der Waals surface area contributed by atoms with E-state index in [1.165, 1.54) is 0 Å². The lowest BCUT2D eigenvalue weighted by Gasteiger charge is -2.04. The number of hydrogen-bond donors (Lipinski definition) is 2. The fraction of sp³-hybridized carbons (Fsp3) is 0.273. The summed E-state index contributed by atoms with van der Waals surface area (Å²) in [6.07, 6.45) is 2.49. The lowest BCUT2D eigenvalue weighted by atomic mass is 10.1. The molecule has 0 saturated carbocycles. The number of hydrogen-bond acceptors (Lipinski definition) is 1. The Hall–Kier alpha value is -1.35. The van der Waals surface area contributed by atoms with Crippen molar-refractivity contribution >= 4 is 10.9 Å². The molecule has 0 spiro atoms. The average Bonchev–Trinajstić information content (AvgIpc) is 2.62. The molecule has 0 saturated heterocycles. The number of nitrogens with two attached hydrogens (primary N) is 1. The molecule has 0 aliphatic carbocycles. The fourth-order valence-electron chi connectivity index (χ4n) is 1.64. The van der Waals surface area contributed by atoms with E-state index in [1.807, 2.05) is 30.5 Å². The number of aromatic nitrogens is 1. The Balaban J connectivity index is 2.33. The topological polar surface area (TPSA) is 41.8 Å². The molecule has 2 rings (SSSR count). The summed E-state index contributed by atoms with van der Waals surface area (Å²) in [6, 6.07) is 7.57. The minimum Gasteiger partial charge on any atom is -0.361 e. The summed E-state index contributed by atoms with van der Waals surface area (Å²) in [7, 11) is 0. The van der Waals surface area contributed by atoms with Gasteiger partial charge in [0, 0.05) is 23.1 Å². The molecule has 14 heavy (non-hydrogen) atoms. The molecule has 74 valence electrons. The van der Waals surface area contributed by atoms with Gasteiger partial charge in [0.25, 0.3) is 0 Å². The van der Waals surface area contributed by atoms with Crippen LogP contribution in [0.1, 0.15) is 5.56 Å². The van der Waals surface area contributed by atoms with Gasteiger partial charge in [0.05, 0.1) is 0 Å². The number of fused-ring (bicyclic) bond motifs is 1. The minimum absolute atomic E-state index is 0.394. The van der Waals surface area contributed by atoms with Gasteiger partial charge in [0.2, 0.25) is 0 Å². The predicted molar refractivity (Wildman–Crippen MR) is 56.0 cm³/mol. The van der Waals surface area contributed by atoms with Crippen molar-refractivity contribution in [3.63, 3.8) is 0 Å². The Morgan fingerprint density at radius 1 is 1.36 bits per heavy atom. The largest absolute Gasteiger partial charge is 0.361 e. The van der Waals surface area contributed by atoms with Crippen LogP contribution in [0, 0.1) is 0 Å². The normalized spacial score (nSPS) is 13.3. The number of nitrogens with one attached hydrogen (secondary N) is 1. The summed E-state index contributed by atoms with van der Waals surface area (Å²) in [5.74, 6) is 0. The van der Waals surface area contributed by atoms with Crippen molar-refractivity contribution < 1.29 is 4.39 Å². The minimum atomic E-state index is -0.473. The highest BCUT2D eigenvalue weighted by molar-refractivity contribution is 5.83. The van der Waals surface area contributed by atoms with Crippen LogP contribution < -0.4 is 5.73 Å². The van der Waals surface area contributed by atoms with E-state index in [4.69, 9.17) is 5.73 Å². The molecule has 1 aromatic heterocycles. The van der Waals surface area contributed by atoms with Crippen LogP contribution in [-0.2, 0) is 6.42 Å². The van der Waals surface area contributed by atoms with Crippen LogP contribution in [0.3, 0.4) is 0 Å². The van der Waals surface area contributed by atoms with E-state index >= 15 is 0 Å². The molecule has 1 unspecified atom stereocenters. The van der Waals surface area contributed by atoms with E-state index in [2.05, 4.69) is 4.98 Å². The van der Waals surface area contributed by atoms with Crippen LogP contribution in [0.4, 0.5) is 4.39 Å². The van der Waals surface area contributed by atoms with Crippen molar-refractivity contribution in [1.82, 2.24) is 4.98 Å². The molecular weight excluding hydrogens is 179 g/mol. The molecule has 1 heterocycles. The third-order valence-corrected chi connectivity index (χ3v) is 2.36. The number of rotatable bonds is 3. The van der Waals surface area contributed by atoms with Gasteiger partial charge in [-0.3, -0.25) is 0 Å². The molecule has 0 amide bonds. The summed E-state index contributed by atoms with van der Waals surface area (Å²) in [5, 5.41) is 1.14. The number of aromatic amines is 1. The van der Waals surface area contributed by atoms with Gasteiger partial charge in [-0.25, -0.2) is 4.39 Å². The summed E-state index contributed by atoms with van der Waals surface area (Å²) < 4.78 is 12.2. The van der Waals surface area contributed by atoms with Crippen molar-refractivity contribution in [2.75, 3.05) is 6.67 Å². The maximum Gasteiger partial charge on any atom is 0.105 e. The number of benzene rings is 1. The zero-order valence-corrected chi connectivity index (χ0v) is 7.83. The molecule has 1 atom stereocenters. The van der Waals surface area contributed by atoms with E-state index in [0.717, 1.165) is 16.5 Å². The Morgan fingerprint density at radius 3 is 2.93 bits per heavy atom. The molecule has 0 bridgehead atoms. The van der Waals surface area contributed by atoms with Crippen molar-refractivity contribution in [3.05, 3.63) is 36.0 Å². The zero-order chi connectivity index (χ0) is 9.97. The highest BCUT2D eigenvalue weighted by atomic mass is 19.1. The molecule has 2 aromatic rings. The van der Waals surface area contributed by atoms with E-state index < -0.39 is 12.7 Å². The standard InChI is InChI=1S/C11H13FN2/c12-6-9(13)5-8-7-14-11-4-2-1-3-10(8)11/h1-4,7,9,14H,5-6,13H2. The lowest BCUT2D eigenvalue weighted by Crippen LogP contribution is -2.24. The Bertz CT molecular complexity index is 422. The third-order valence-electron chi connectivity index (χ3n) is 2.36. The van der Waals surface area contributed by atoms with Gasteiger partial charge in [-0.05, 0) is 18.1 Å². The van der Waals surface area contributed by atoms with Crippen LogP contribution >= 0.6 is 0 Å².